The number of hydrogen-bond acceptors (Lipinski definition) is 5. The highest BCUT2D eigenvalue weighted by Crippen LogP contribution is 2.15. The fourth-order valence-corrected chi connectivity index (χ4v) is 7.74. The van der Waals surface area contributed by atoms with Gasteiger partial charge in [0.1, 0.15) is 0 Å². The van der Waals surface area contributed by atoms with E-state index in [1.54, 1.807) is 6.08 Å². The van der Waals surface area contributed by atoms with Gasteiger partial charge in [-0.3, -0.25) is 9.59 Å². The smallest absolute Gasteiger partial charge is 0.305 e. The first-order chi connectivity index (χ1) is 28.5. The Morgan fingerprint density at radius 3 is 1.22 bits per heavy atom. The zero-order valence-corrected chi connectivity index (χ0v) is 38.8. The van der Waals surface area contributed by atoms with Crippen molar-refractivity contribution >= 4 is 11.9 Å². The molecule has 342 valence electrons. The lowest BCUT2D eigenvalue weighted by molar-refractivity contribution is -0.143. The SMILES string of the molecule is CCCCCCCCC/C=C\CCCCCCCC(=O)OCCCCCCCCCCCCCCC(=O)NC(CO)C(O)/C=C/CCCCCCCCCCCCC. The highest BCUT2D eigenvalue weighted by molar-refractivity contribution is 5.76. The molecule has 0 heterocycles. The Bertz CT molecular complexity index is 904. The number of allylic oxidation sites excluding steroid dienone is 3. The molecule has 2 atom stereocenters. The highest BCUT2D eigenvalue weighted by Gasteiger charge is 2.18. The molecule has 0 fully saturated rings. The predicted octanol–water partition coefficient (Wildman–Crippen LogP) is 15.1. The van der Waals surface area contributed by atoms with Gasteiger partial charge in [-0.15, -0.1) is 0 Å². The van der Waals surface area contributed by atoms with Crippen molar-refractivity contribution in [2.45, 2.75) is 283 Å². The standard InChI is InChI=1S/C52H99NO5/c1-3-5-7-9-11-13-15-17-18-19-21-26-30-34-38-42-46-52(57)58-47-43-39-35-31-27-23-22-25-29-33-37-41-45-51(56)53-49(48-54)50(55)44-40-36-32-28-24-20-16-14-12-10-8-6-4-2/h18-19,40,44,49-50,54-55H,3-17,20-39,41-43,45-48H2,1-2H3,(H,53,56)/b19-18-,44-40+. The van der Waals surface area contributed by atoms with Crippen LogP contribution in [0.2, 0.25) is 0 Å². The van der Waals surface area contributed by atoms with E-state index in [1.807, 2.05) is 6.08 Å². The summed E-state index contributed by atoms with van der Waals surface area (Å²) in [5.74, 6) is -0.103. The Balaban J connectivity index is 3.49. The Hall–Kier alpha value is -1.66. The molecular weight excluding hydrogens is 719 g/mol. The van der Waals surface area contributed by atoms with Crippen molar-refractivity contribution in [3.05, 3.63) is 24.3 Å². The van der Waals surface area contributed by atoms with Gasteiger partial charge in [0.05, 0.1) is 25.4 Å². The van der Waals surface area contributed by atoms with Crippen LogP contribution >= 0.6 is 0 Å². The fourth-order valence-electron chi connectivity index (χ4n) is 7.74. The monoisotopic (exact) mass is 818 g/mol. The van der Waals surface area contributed by atoms with Crippen molar-refractivity contribution in [3.63, 3.8) is 0 Å². The first-order valence-electron chi connectivity index (χ1n) is 25.6. The molecule has 0 aromatic carbocycles. The molecule has 58 heavy (non-hydrogen) atoms. The zero-order chi connectivity index (χ0) is 42.3. The first kappa shape index (κ1) is 56.3. The van der Waals surface area contributed by atoms with Gasteiger partial charge < -0.3 is 20.3 Å². The van der Waals surface area contributed by atoms with Crippen LogP contribution < -0.4 is 5.32 Å². The fraction of sp³-hybridized carbons (Fsp3) is 0.885. The maximum atomic E-state index is 12.4. The summed E-state index contributed by atoms with van der Waals surface area (Å²) in [4.78, 5) is 24.4. The van der Waals surface area contributed by atoms with Crippen LogP contribution in [-0.4, -0.2) is 47.4 Å². The average Bonchev–Trinajstić information content (AvgIpc) is 3.22. The van der Waals surface area contributed by atoms with Crippen molar-refractivity contribution in [2.75, 3.05) is 13.2 Å². The normalized spacial score (nSPS) is 12.8. The van der Waals surface area contributed by atoms with Crippen LogP contribution in [0.15, 0.2) is 24.3 Å². The van der Waals surface area contributed by atoms with E-state index in [2.05, 4.69) is 31.3 Å². The number of carbonyl (C=O) groups is 2. The average molecular weight is 818 g/mol. The molecule has 0 radical (unpaired) electrons. The molecule has 0 bridgehead atoms. The van der Waals surface area contributed by atoms with Crippen molar-refractivity contribution in [1.82, 2.24) is 5.32 Å². The second-order valence-electron chi connectivity index (χ2n) is 17.5. The van der Waals surface area contributed by atoms with E-state index in [9.17, 15) is 19.8 Å². The molecule has 6 nitrogen and oxygen atoms in total. The minimum atomic E-state index is -0.853. The van der Waals surface area contributed by atoms with Crippen LogP contribution in [-0.2, 0) is 14.3 Å². The van der Waals surface area contributed by atoms with Gasteiger partial charge in [0.25, 0.3) is 0 Å². The van der Waals surface area contributed by atoms with Gasteiger partial charge in [0, 0.05) is 12.8 Å². The van der Waals surface area contributed by atoms with E-state index in [4.69, 9.17) is 4.74 Å². The van der Waals surface area contributed by atoms with Crippen LogP contribution in [0.25, 0.3) is 0 Å². The third-order valence-corrected chi connectivity index (χ3v) is 11.7. The highest BCUT2D eigenvalue weighted by atomic mass is 16.5. The number of esters is 1. The Labute approximate surface area is 361 Å². The molecule has 0 aromatic rings. The second-order valence-corrected chi connectivity index (χ2v) is 17.5. The van der Waals surface area contributed by atoms with Crippen molar-refractivity contribution in [3.8, 4) is 0 Å². The molecule has 0 rings (SSSR count). The number of carbonyl (C=O) groups excluding carboxylic acids is 2. The van der Waals surface area contributed by atoms with Crippen LogP contribution in [0.3, 0.4) is 0 Å². The van der Waals surface area contributed by atoms with Crippen molar-refractivity contribution < 1.29 is 24.5 Å². The summed E-state index contributed by atoms with van der Waals surface area (Å²) >= 11 is 0. The molecule has 0 aromatic heterocycles. The molecule has 0 spiro atoms. The summed E-state index contributed by atoms with van der Waals surface area (Å²) in [6, 6.07) is -0.638. The maximum Gasteiger partial charge on any atom is 0.305 e. The Morgan fingerprint density at radius 2 is 0.810 bits per heavy atom. The number of unbranched alkanes of at least 4 members (excludes halogenated alkanes) is 34. The van der Waals surface area contributed by atoms with E-state index >= 15 is 0 Å². The van der Waals surface area contributed by atoms with Crippen molar-refractivity contribution in [2.24, 2.45) is 0 Å². The summed E-state index contributed by atoms with van der Waals surface area (Å²) in [6.07, 6.45) is 56.0. The number of hydrogen-bond donors (Lipinski definition) is 3. The molecule has 0 saturated heterocycles. The summed E-state index contributed by atoms with van der Waals surface area (Å²) in [7, 11) is 0. The summed E-state index contributed by atoms with van der Waals surface area (Å²) in [5, 5.41) is 23.0. The van der Waals surface area contributed by atoms with E-state index in [0.29, 0.717) is 19.4 Å². The van der Waals surface area contributed by atoms with Crippen LogP contribution in [0.4, 0.5) is 0 Å². The molecule has 3 N–H and O–H groups in total. The predicted molar refractivity (Wildman–Crippen MR) is 250 cm³/mol. The van der Waals surface area contributed by atoms with Gasteiger partial charge in [-0.25, -0.2) is 0 Å². The lowest BCUT2D eigenvalue weighted by Crippen LogP contribution is -2.45. The number of aliphatic hydroxyl groups is 2. The van der Waals surface area contributed by atoms with E-state index in [-0.39, 0.29) is 18.5 Å². The zero-order valence-electron chi connectivity index (χ0n) is 38.8. The Morgan fingerprint density at radius 1 is 0.466 bits per heavy atom. The van der Waals surface area contributed by atoms with Gasteiger partial charge in [-0.1, -0.05) is 224 Å². The van der Waals surface area contributed by atoms with E-state index in [0.717, 1.165) is 57.8 Å². The number of amides is 1. The molecule has 0 saturated carbocycles. The van der Waals surface area contributed by atoms with E-state index in [1.165, 1.54) is 186 Å². The topological polar surface area (TPSA) is 95.9 Å². The summed E-state index contributed by atoms with van der Waals surface area (Å²) in [5.41, 5.74) is 0. The first-order valence-corrected chi connectivity index (χ1v) is 25.6. The lowest BCUT2D eigenvalue weighted by Gasteiger charge is -2.20. The Kier molecular flexibility index (Phi) is 46.6. The molecule has 6 heteroatoms. The third-order valence-electron chi connectivity index (χ3n) is 11.7. The molecule has 0 aliphatic rings. The number of nitrogens with one attached hydrogen (secondary N) is 1. The molecule has 1 amide bonds. The van der Waals surface area contributed by atoms with E-state index < -0.39 is 12.1 Å². The number of ether oxygens (including phenoxy) is 1. The molecular formula is C52H99NO5. The van der Waals surface area contributed by atoms with Gasteiger partial charge in [-0.05, 0) is 57.8 Å². The molecule has 0 aliphatic carbocycles. The largest absolute Gasteiger partial charge is 0.466 e. The maximum absolute atomic E-state index is 12.4. The number of rotatable bonds is 47. The molecule has 2 unspecified atom stereocenters. The second kappa shape index (κ2) is 48.0. The number of aliphatic hydroxyl groups excluding tert-OH is 2. The lowest BCUT2D eigenvalue weighted by atomic mass is 10.0. The van der Waals surface area contributed by atoms with Gasteiger partial charge in [0.15, 0.2) is 0 Å². The quantitative estimate of drug-likeness (QED) is 0.0323. The molecule has 0 aliphatic heterocycles. The third kappa shape index (κ3) is 43.9. The summed E-state index contributed by atoms with van der Waals surface area (Å²) < 4.78 is 5.46. The van der Waals surface area contributed by atoms with Crippen molar-refractivity contribution in [1.29, 1.82) is 0 Å². The van der Waals surface area contributed by atoms with Crippen LogP contribution in [0.1, 0.15) is 271 Å². The summed E-state index contributed by atoms with van der Waals surface area (Å²) in [6.45, 7) is 4.86. The van der Waals surface area contributed by atoms with Gasteiger partial charge in [-0.2, -0.15) is 0 Å². The minimum absolute atomic E-state index is 0.0185. The van der Waals surface area contributed by atoms with Gasteiger partial charge in [0.2, 0.25) is 5.91 Å². The van der Waals surface area contributed by atoms with Crippen LogP contribution in [0.5, 0.6) is 0 Å². The van der Waals surface area contributed by atoms with Gasteiger partial charge >= 0.3 is 5.97 Å². The van der Waals surface area contributed by atoms with Crippen LogP contribution in [0, 0.1) is 0 Å². The minimum Gasteiger partial charge on any atom is -0.466 e.